The maximum atomic E-state index is 11.7. The molecule has 1 amide bonds. The van der Waals surface area contributed by atoms with Crippen LogP contribution in [0.4, 0.5) is 0 Å². The van der Waals surface area contributed by atoms with Crippen LogP contribution in [0, 0.1) is 0 Å². The first-order chi connectivity index (χ1) is 8.68. The van der Waals surface area contributed by atoms with Crippen LogP contribution >= 0.6 is 11.3 Å². The lowest BCUT2D eigenvalue weighted by atomic mass is 9.94. The molecule has 100 valence electrons. The first kappa shape index (κ1) is 13.5. The van der Waals surface area contributed by atoms with Gasteiger partial charge in [-0.1, -0.05) is 0 Å². The summed E-state index contributed by atoms with van der Waals surface area (Å²) in [6.07, 6.45) is 2.43. The number of thiophene rings is 1. The molecule has 0 atom stereocenters. The van der Waals surface area contributed by atoms with Crippen LogP contribution in [0.15, 0.2) is 16.8 Å². The molecule has 2 heterocycles. The van der Waals surface area contributed by atoms with E-state index >= 15 is 0 Å². The molecule has 4 nitrogen and oxygen atoms in total. The molecule has 1 aliphatic rings. The number of amides is 1. The Kier molecular flexibility index (Phi) is 4.74. The Hall–Kier alpha value is -0.910. The highest BCUT2D eigenvalue weighted by Crippen LogP contribution is 2.19. The second kappa shape index (κ2) is 6.31. The second-order valence-corrected chi connectivity index (χ2v) is 5.53. The normalized spacial score (nSPS) is 18.5. The summed E-state index contributed by atoms with van der Waals surface area (Å²) in [6.45, 7) is 1.47. The van der Waals surface area contributed by atoms with Crippen molar-refractivity contribution >= 4 is 17.2 Å². The molecule has 1 saturated heterocycles. The molecule has 0 aliphatic carbocycles. The predicted molar refractivity (Wildman–Crippen MR) is 70.7 cm³/mol. The van der Waals surface area contributed by atoms with Crippen LogP contribution in [0.3, 0.4) is 0 Å². The zero-order valence-corrected chi connectivity index (χ0v) is 11.2. The van der Waals surface area contributed by atoms with Crippen LogP contribution in [0.5, 0.6) is 0 Å². The van der Waals surface area contributed by atoms with E-state index in [4.69, 9.17) is 4.74 Å². The number of ether oxygens (including phenoxy) is 1. The molecule has 2 N–H and O–H groups in total. The topological polar surface area (TPSA) is 58.6 Å². The van der Waals surface area contributed by atoms with E-state index in [1.165, 1.54) is 5.56 Å². The molecule has 5 heteroatoms. The summed E-state index contributed by atoms with van der Waals surface area (Å²) in [5.74, 6) is 0.00103. The fourth-order valence-electron chi connectivity index (χ4n) is 1.97. The molecular formula is C13H19NO3S. The third-order valence-electron chi connectivity index (χ3n) is 3.26. The molecule has 1 fully saturated rings. The predicted octanol–water partition coefficient (Wildman–Crippen LogP) is 1.34. The highest BCUT2D eigenvalue weighted by molar-refractivity contribution is 7.07. The van der Waals surface area contributed by atoms with Crippen molar-refractivity contribution in [3.05, 3.63) is 22.4 Å². The number of carbonyl (C=O) groups is 1. The molecular weight excluding hydrogens is 250 g/mol. The van der Waals surface area contributed by atoms with Crippen LogP contribution in [0.25, 0.3) is 0 Å². The van der Waals surface area contributed by atoms with E-state index in [9.17, 15) is 9.90 Å². The Morgan fingerprint density at radius 1 is 1.50 bits per heavy atom. The van der Waals surface area contributed by atoms with Crippen LogP contribution in [-0.2, 0) is 16.0 Å². The van der Waals surface area contributed by atoms with Crippen molar-refractivity contribution < 1.29 is 14.6 Å². The smallest absolute Gasteiger partial charge is 0.220 e. The van der Waals surface area contributed by atoms with Crippen molar-refractivity contribution in [3.63, 3.8) is 0 Å². The van der Waals surface area contributed by atoms with Crippen molar-refractivity contribution in [2.45, 2.75) is 31.3 Å². The van der Waals surface area contributed by atoms with Gasteiger partial charge in [-0.15, -0.1) is 0 Å². The Bertz CT molecular complexity index is 372. The molecule has 18 heavy (non-hydrogen) atoms. The quantitative estimate of drug-likeness (QED) is 0.848. The maximum absolute atomic E-state index is 11.7. The zero-order chi connectivity index (χ0) is 12.8. The summed E-state index contributed by atoms with van der Waals surface area (Å²) in [6, 6.07) is 2.03. The van der Waals surface area contributed by atoms with Gasteiger partial charge in [0.15, 0.2) is 0 Å². The minimum Gasteiger partial charge on any atom is -0.388 e. The van der Waals surface area contributed by atoms with Gasteiger partial charge in [-0.05, 0) is 28.8 Å². The third kappa shape index (κ3) is 4.08. The molecule has 0 saturated carbocycles. The highest BCUT2D eigenvalue weighted by atomic mass is 32.1. The number of hydrogen-bond donors (Lipinski definition) is 2. The van der Waals surface area contributed by atoms with E-state index < -0.39 is 5.60 Å². The molecule has 0 radical (unpaired) electrons. The summed E-state index contributed by atoms with van der Waals surface area (Å²) in [7, 11) is 0. The zero-order valence-electron chi connectivity index (χ0n) is 10.4. The summed E-state index contributed by atoms with van der Waals surface area (Å²) >= 11 is 1.64. The fraction of sp³-hybridized carbons (Fsp3) is 0.615. The summed E-state index contributed by atoms with van der Waals surface area (Å²) in [5, 5.41) is 17.1. The molecule has 0 bridgehead atoms. The molecule has 0 unspecified atom stereocenters. The van der Waals surface area contributed by atoms with Gasteiger partial charge in [-0.2, -0.15) is 11.3 Å². The van der Waals surface area contributed by atoms with Crippen LogP contribution in [-0.4, -0.2) is 36.4 Å². The van der Waals surface area contributed by atoms with E-state index in [0.29, 0.717) is 39.0 Å². The lowest BCUT2D eigenvalue weighted by Gasteiger charge is -2.32. The summed E-state index contributed by atoms with van der Waals surface area (Å²) in [5.41, 5.74) is 0.413. The minimum absolute atomic E-state index is 0.00103. The van der Waals surface area contributed by atoms with Gasteiger partial charge in [0, 0.05) is 39.0 Å². The number of aliphatic hydroxyl groups is 1. The number of hydrogen-bond acceptors (Lipinski definition) is 4. The highest BCUT2D eigenvalue weighted by Gasteiger charge is 2.29. The lowest BCUT2D eigenvalue weighted by molar-refractivity contribution is -0.123. The molecule has 1 aliphatic heterocycles. The minimum atomic E-state index is -0.781. The van der Waals surface area contributed by atoms with Gasteiger partial charge in [-0.25, -0.2) is 0 Å². The number of nitrogens with one attached hydrogen (secondary N) is 1. The third-order valence-corrected chi connectivity index (χ3v) is 3.99. The number of rotatable bonds is 5. The summed E-state index contributed by atoms with van der Waals surface area (Å²) in [4.78, 5) is 11.7. The first-order valence-electron chi connectivity index (χ1n) is 6.26. The van der Waals surface area contributed by atoms with Crippen LogP contribution in [0.1, 0.15) is 24.8 Å². The van der Waals surface area contributed by atoms with Crippen molar-refractivity contribution in [3.8, 4) is 0 Å². The number of aryl methyl sites for hydroxylation is 1. The van der Waals surface area contributed by atoms with E-state index in [1.54, 1.807) is 11.3 Å². The van der Waals surface area contributed by atoms with Gasteiger partial charge in [0.1, 0.15) is 0 Å². The molecule has 0 spiro atoms. The van der Waals surface area contributed by atoms with Gasteiger partial charge in [-0.3, -0.25) is 4.79 Å². The Morgan fingerprint density at radius 3 is 2.94 bits per heavy atom. The molecule has 2 rings (SSSR count). The van der Waals surface area contributed by atoms with Gasteiger partial charge >= 0.3 is 0 Å². The van der Waals surface area contributed by atoms with Crippen molar-refractivity contribution in [1.82, 2.24) is 5.32 Å². The van der Waals surface area contributed by atoms with Gasteiger partial charge < -0.3 is 15.2 Å². The van der Waals surface area contributed by atoms with E-state index in [1.807, 2.05) is 11.4 Å². The largest absolute Gasteiger partial charge is 0.388 e. The number of carbonyl (C=O) groups excluding carboxylic acids is 1. The SMILES string of the molecule is O=C(CCc1ccsc1)NCC1(O)CCOCC1. The second-order valence-electron chi connectivity index (χ2n) is 4.75. The van der Waals surface area contributed by atoms with Gasteiger partial charge in [0.25, 0.3) is 0 Å². The standard InChI is InChI=1S/C13H19NO3S/c15-12(2-1-11-3-8-18-9-11)14-10-13(16)4-6-17-7-5-13/h3,8-9,16H,1-2,4-7,10H2,(H,14,15). The van der Waals surface area contributed by atoms with E-state index in [-0.39, 0.29) is 5.91 Å². The lowest BCUT2D eigenvalue weighted by Crippen LogP contribution is -2.46. The van der Waals surface area contributed by atoms with Gasteiger partial charge in [0.2, 0.25) is 5.91 Å². The summed E-state index contributed by atoms with van der Waals surface area (Å²) < 4.78 is 5.20. The van der Waals surface area contributed by atoms with Crippen LogP contribution in [0.2, 0.25) is 0 Å². The Labute approximate surface area is 111 Å². The van der Waals surface area contributed by atoms with Gasteiger partial charge in [0.05, 0.1) is 5.60 Å². The average molecular weight is 269 g/mol. The molecule has 1 aromatic heterocycles. The van der Waals surface area contributed by atoms with Crippen molar-refractivity contribution in [2.24, 2.45) is 0 Å². The van der Waals surface area contributed by atoms with E-state index in [0.717, 1.165) is 6.42 Å². The monoisotopic (exact) mass is 269 g/mol. The maximum Gasteiger partial charge on any atom is 0.220 e. The van der Waals surface area contributed by atoms with E-state index in [2.05, 4.69) is 10.7 Å². The van der Waals surface area contributed by atoms with Crippen molar-refractivity contribution in [2.75, 3.05) is 19.8 Å². The molecule has 0 aromatic carbocycles. The Morgan fingerprint density at radius 2 is 2.28 bits per heavy atom. The average Bonchev–Trinajstić information content (AvgIpc) is 2.88. The first-order valence-corrected chi connectivity index (χ1v) is 7.20. The Balaban J connectivity index is 1.68. The van der Waals surface area contributed by atoms with Crippen LogP contribution < -0.4 is 5.32 Å². The molecule has 1 aromatic rings. The fourth-order valence-corrected chi connectivity index (χ4v) is 2.68. The van der Waals surface area contributed by atoms with Crippen molar-refractivity contribution in [1.29, 1.82) is 0 Å².